The van der Waals surface area contributed by atoms with Crippen molar-refractivity contribution in [3.63, 3.8) is 0 Å². The third kappa shape index (κ3) is 16.4. The van der Waals surface area contributed by atoms with Gasteiger partial charge in [0.25, 0.3) is 5.79 Å². The van der Waals surface area contributed by atoms with Crippen LogP contribution < -0.4 is 5.73 Å². The molecular formula is C55H95NO39. The third-order valence-corrected chi connectivity index (χ3v) is 19.1. The number of rotatable bonds is 25. The Hall–Kier alpha value is -2.05. The van der Waals surface area contributed by atoms with Crippen LogP contribution in [0, 0.1) is 17.8 Å². The number of carbonyl (C=O) groups is 1. The molecule has 40 nitrogen and oxygen atoms in total. The van der Waals surface area contributed by atoms with Crippen molar-refractivity contribution in [3.8, 4) is 0 Å². The van der Waals surface area contributed by atoms with Crippen LogP contribution in [0.2, 0.25) is 0 Å². The lowest BCUT2D eigenvalue weighted by Crippen LogP contribution is -2.67. The number of carboxylic acids is 1. The quantitative estimate of drug-likeness (QED) is 0.0404. The molecule has 0 amide bonds. The van der Waals surface area contributed by atoms with Gasteiger partial charge in [0.15, 0.2) is 37.7 Å². The second-order valence-electron chi connectivity index (χ2n) is 25.4. The highest BCUT2D eigenvalue weighted by Crippen LogP contribution is 2.41. The maximum atomic E-state index is 12.7. The predicted molar refractivity (Wildman–Crippen MR) is 297 cm³/mol. The van der Waals surface area contributed by atoms with E-state index < -0.39 is 316 Å². The molecule has 0 spiro atoms. The lowest BCUT2D eigenvalue weighted by Gasteiger charge is -2.50. The highest BCUT2D eigenvalue weighted by atomic mass is 16.8. The van der Waals surface area contributed by atoms with Crippen LogP contribution in [0.4, 0.5) is 0 Å². The van der Waals surface area contributed by atoms with Crippen LogP contribution in [-0.2, 0) is 75.8 Å². The number of carboxylic acid groups (broad SMARTS) is 1. The number of aliphatic carboxylic acids is 1. The summed E-state index contributed by atoms with van der Waals surface area (Å²) < 4.78 is 88.2. The number of hydrogen-bond donors (Lipinski definition) is 24. The van der Waals surface area contributed by atoms with Crippen molar-refractivity contribution in [3.05, 3.63) is 0 Å². The first kappa shape index (κ1) is 78.7. The van der Waals surface area contributed by atoms with Gasteiger partial charge in [-0.3, -0.25) is 0 Å². The zero-order valence-electron chi connectivity index (χ0n) is 51.9. The van der Waals surface area contributed by atoms with Gasteiger partial charge in [0.1, 0.15) is 153 Å². The predicted octanol–water partition coefficient (Wildman–Crippen LogP) is -14.4. The fourth-order valence-electron chi connectivity index (χ4n) is 12.7. The Bertz CT molecular complexity index is 2360. The molecule has 8 rings (SSSR count). The molecule has 40 heteroatoms. The molecule has 8 aliphatic rings. The van der Waals surface area contributed by atoms with Gasteiger partial charge < -0.3 is 194 Å². The van der Waals surface area contributed by atoms with Crippen LogP contribution in [0.1, 0.15) is 34.1 Å². The van der Waals surface area contributed by atoms with Gasteiger partial charge in [0.2, 0.25) is 0 Å². The van der Waals surface area contributed by atoms with Gasteiger partial charge in [0.05, 0.1) is 89.4 Å². The molecular weight excluding hydrogens is 1300 g/mol. The summed E-state index contributed by atoms with van der Waals surface area (Å²) in [6.07, 6.45) is -66.1. The zero-order valence-corrected chi connectivity index (χ0v) is 51.9. The Morgan fingerprint density at radius 1 is 0.432 bits per heavy atom. The molecule has 0 aromatic carbocycles. The van der Waals surface area contributed by atoms with Crippen LogP contribution in [0.25, 0.3) is 0 Å². The number of ether oxygens (including phenoxy) is 15. The van der Waals surface area contributed by atoms with Crippen molar-refractivity contribution in [2.24, 2.45) is 23.5 Å². The minimum absolute atomic E-state index is 0.497. The Balaban J connectivity index is 0.984. The molecule has 41 atom stereocenters. The first-order chi connectivity index (χ1) is 44.8. The van der Waals surface area contributed by atoms with Crippen molar-refractivity contribution in [2.75, 3.05) is 52.9 Å². The van der Waals surface area contributed by atoms with E-state index in [4.69, 9.17) is 76.8 Å². The van der Waals surface area contributed by atoms with E-state index in [9.17, 15) is 122 Å². The minimum Gasteiger partial charge on any atom is -0.477 e. The van der Waals surface area contributed by atoms with Crippen LogP contribution in [-0.4, -0.2) is 409 Å². The summed E-state index contributed by atoms with van der Waals surface area (Å²) in [5, 5.41) is 249. The first-order valence-corrected chi connectivity index (χ1v) is 31.2. The number of aliphatic hydroxyl groups is 22. The molecule has 0 bridgehead atoms. The number of hydrogen-bond acceptors (Lipinski definition) is 39. The Labute approximate surface area is 541 Å². The Morgan fingerprint density at radius 3 is 1.31 bits per heavy atom. The van der Waals surface area contributed by atoms with E-state index in [0.717, 1.165) is 0 Å². The van der Waals surface area contributed by atoms with E-state index in [0.29, 0.717) is 0 Å². The highest BCUT2D eigenvalue weighted by molar-refractivity contribution is 5.76. The topological polar surface area (TPSA) is 647 Å². The van der Waals surface area contributed by atoms with E-state index in [1.54, 1.807) is 13.8 Å². The van der Waals surface area contributed by atoms with Crippen LogP contribution in [0.15, 0.2) is 0 Å². The summed E-state index contributed by atoms with van der Waals surface area (Å²) in [6, 6.07) is -1.53. The molecule has 0 aliphatic carbocycles. The van der Waals surface area contributed by atoms with Crippen molar-refractivity contribution < 1.29 is 193 Å². The number of nitrogens with two attached hydrogens (primary N) is 1. The van der Waals surface area contributed by atoms with Gasteiger partial charge in [-0.2, -0.15) is 0 Å². The molecule has 8 saturated heterocycles. The van der Waals surface area contributed by atoms with Crippen LogP contribution >= 0.6 is 0 Å². The summed E-state index contributed by atoms with van der Waals surface area (Å²) in [5.74, 6) is -7.78. The standard InChI is InChI=1S/C55H95NO39/c1-14-17(4)83-22(9-60)42(28(14)65)90-48-15(2)29(66)44(24(11-62)86-48)92-52-41(78)46(93-50-39(76)36(73)32(69)20(7-58)84-50)35(72)25(88-52)12-81-53-47(38(75)33(70)21(8-59)85-53)94-49-16(3)30(67)43(23(10-61)87-49)91-51-40(77)37(74)34(71)26(89-51)13-82-55(54(79)80)5-18(63)27(56)45(95-55)31(68)19(64)6-57/h14-53,57-78H,5-13,56H2,1-4H3,(H,79,80)/t14-,15+,16?,17+,18-,19?,20-,21?,22?,23+,24?,25?,26?,27-,28?,29?,30?,31?,32-,33-,34+,35-,36?,37+,38?,39?,40?,41-,42-,43-,44-,45?,46?,47-,48+,49+,50-,51?,52+,53+,55-/m1/s1. The van der Waals surface area contributed by atoms with E-state index in [1.807, 2.05) is 0 Å². The smallest absolute Gasteiger partial charge is 0.364 e. The summed E-state index contributed by atoms with van der Waals surface area (Å²) in [5.41, 5.74) is 5.93. The molecule has 18 unspecified atom stereocenters. The molecule has 0 saturated carbocycles. The van der Waals surface area contributed by atoms with E-state index in [1.165, 1.54) is 13.8 Å². The normalized spacial score (nSPS) is 51.6. The van der Waals surface area contributed by atoms with Gasteiger partial charge in [-0.25, -0.2) is 4.79 Å². The maximum Gasteiger partial charge on any atom is 0.364 e. The van der Waals surface area contributed by atoms with Crippen LogP contribution in [0.5, 0.6) is 0 Å². The summed E-state index contributed by atoms with van der Waals surface area (Å²) in [6.45, 7) is -1.43. The summed E-state index contributed by atoms with van der Waals surface area (Å²) in [7, 11) is 0. The van der Waals surface area contributed by atoms with Crippen molar-refractivity contribution in [1.82, 2.24) is 0 Å². The third-order valence-electron chi connectivity index (χ3n) is 19.1. The van der Waals surface area contributed by atoms with E-state index in [2.05, 4.69) is 0 Å². The molecule has 8 fully saturated rings. The van der Waals surface area contributed by atoms with Gasteiger partial charge >= 0.3 is 5.97 Å². The lowest BCUT2D eigenvalue weighted by molar-refractivity contribution is -0.392. The number of aliphatic hydroxyl groups excluding tert-OH is 22. The maximum absolute atomic E-state index is 12.7. The Morgan fingerprint density at radius 2 is 0.821 bits per heavy atom. The van der Waals surface area contributed by atoms with Crippen molar-refractivity contribution in [1.29, 1.82) is 0 Å². The molecule has 95 heavy (non-hydrogen) atoms. The molecule has 0 radical (unpaired) electrons. The first-order valence-electron chi connectivity index (χ1n) is 31.2. The Kier molecular flexibility index (Phi) is 27.6. The zero-order chi connectivity index (χ0) is 70.1. The van der Waals surface area contributed by atoms with Gasteiger partial charge in [-0.05, 0) is 6.92 Å². The SMILES string of the molecule is CC1C(O)[C@H](OC2OC(CO[C@]3(C(=O)O)C[C@@H](O)[C@@H](N)C(C(O)C(O)CO)O3)[C@H](O)[C@H](O)C2O)[C@H](CO)O[C@H]1O[C@@H]1C(O)[C@H](O)C(CO)O[C@@H]1OCC1O[C@@H](O[C@@H]2C(CO)O[C@@H](O[C@@H]3C(CO)O[C@@H](C)[C@@H](C)C3O)[C@@H](C)C2O)[C@H](O)C(O[C@H]2O[C@H](CO)[C@@H](O)C(O)C2O)[C@@H]1O. The average molecular weight is 1390 g/mol. The molecule has 8 aliphatic heterocycles. The second kappa shape index (κ2) is 33.4. The minimum atomic E-state index is -2.90. The van der Waals surface area contributed by atoms with E-state index >= 15 is 0 Å². The average Bonchev–Trinajstić information content (AvgIpc) is 0.793. The molecule has 0 aromatic rings. The summed E-state index contributed by atoms with van der Waals surface area (Å²) in [4.78, 5) is 12.7. The van der Waals surface area contributed by atoms with Crippen molar-refractivity contribution >= 4 is 5.97 Å². The highest BCUT2D eigenvalue weighted by Gasteiger charge is 2.60. The molecule has 554 valence electrons. The van der Waals surface area contributed by atoms with Gasteiger partial charge in [-0.1, -0.05) is 20.8 Å². The van der Waals surface area contributed by atoms with Crippen LogP contribution in [0.3, 0.4) is 0 Å². The van der Waals surface area contributed by atoms with Crippen molar-refractivity contribution in [2.45, 2.75) is 267 Å². The lowest BCUT2D eigenvalue weighted by atomic mass is 9.88. The largest absolute Gasteiger partial charge is 0.477 e. The fourth-order valence-corrected chi connectivity index (χ4v) is 12.7. The summed E-state index contributed by atoms with van der Waals surface area (Å²) >= 11 is 0. The van der Waals surface area contributed by atoms with E-state index in [-0.39, 0.29) is 0 Å². The molecule has 8 heterocycles. The van der Waals surface area contributed by atoms with Gasteiger partial charge in [0, 0.05) is 24.2 Å². The van der Waals surface area contributed by atoms with Gasteiger partial charge in [-0.15, -0.1) is 0 Å². The molecule has 25 N–H and O–H groups in total. The molecule has 0 aromatic heterocycles. The monoisotopic (exact) mass is 1390 g/mol. The fraction of sp³-hybridized carbons (Fsp3) is 0.982. The second-order valence-corrected chi connectivity index (χ2v) is 25.4.